The quantitative estimate of drug-likeness (QED) is 0.744. The third-order valence-electron chi connectivity index (χ3n) is 2.56. The van der Waals surface area contributed by atoms with Crippen LogP contribution in [0.5, 0.6) is 0 Å². The van der Waals surface area contributed by atoms with Crippen molar-refractivity contribution in [1.82, 2.24) is 20.5 Å². The number of hydrogen-bond acceptors (Lipinski definition) is 3. The summed E-state index contributed by atoms with van der Waals surface area (Å²) in [5.74, 6) is 0. The average Bonchev–Trinajstić information content (AvgIpc) is 2.72. The van der Waals surface area contributed by atoms with E-state index in [1.165, 1.54) is 11.1 Å². The minimum absolute atomic E-state index is 0.864. The lowest BCUT2D eigenvalue weighted by Crippen LogP contribution is -2.16. The van der Waals surface area contributed by atoms with Gasteiger partial charge >= 0.3 is 0 Å². The van der Waals surface area contributed by atoms with Gasteiger partial charge in [-0.3, -0.25) is 10.1 Å². The molecule has 4 heteroatoms. The standard InChI is InChI=1S/C12H16N4/c1-10-12(9-15-16-10)8-14-6-4-11-3-2-5-13-7-11/h2-3,5,7,9,14H,4,6,8H2,1H3,(H,15,16). The second-order valence-electron chi connectivity index (χ2n) is 3.81. The van der Waals surface area contributed by atoms with Crippen LogP contribution in [-0.4, -0.2) is 21.7 Å². The fourth-order valence-corrected chi connectivity index (χ4v) is 1.56. The maximum absolute atomic E-state index is 4.08. The van der Waals surface area contributed by atoms with Gasteiger partial charge in [0.1, 0.15) is 0 Å². The highest BCUT2D eigenvalue weighted by Crippen LogP contribution is 2.01. The fraction of sp³-hybridized carbons (Fsp3) is 0.333. The fourth-order valence-electron chi connectivity index (χ4n) is 1.56. The molecule has 2 aromatic heterocycles. The smallest absolute Gasteiger partial charge is 0.0535 e. The second kappa shape index (κ2) is 5.42. The van der Waals surface area contributed by atoms with Crippen LogP contribution < -0.4 is 5.32 Å². The van der Waals surface area contributed by atoms with Gasteiger partial charge < -0.3 is 5.32 Å². The van der Waals surface area contributed by atoms with E-state index in [1.807, 2.05) is 25.4 Å². The van der Waals surface area contributed by atoms with E-state index in [-0.39, 0.29) is 0 Å². The minimum atomic E-state index is 0.864. The van der Waals surface area contributed by atoms with Gasteiger partial charge in [-0.1, -0.05) is 6.07 Å². The number of pyridine rings is 1. The number of hydrogen-bond donors (Lipinski definition) is 2. The van der Waals surface area contributed by atoms with Crippen molar-refractivity contribution in [3.8, 4) is 0 Å². The molecule has 0 saturated carbocycles. The molecule has 0 saturated heterocycles. The Kier molecular flexibility index (Phi) is 3.66. The van der Waals surface area contributed by atoms with Crippen molar-refractivity contribution >= 4 is 0 Å². The number of aromatic amines is 1. The van der Waals surface area contributed by atoms with E-state index in [0.717, 1.165) is 25.2 Å². The molecule has 0 spiro atoms. The summed E-state index contributed by atoms with van der Waals surface area (Å²) in [6.45, 7) is 3.85. The normalized spacial score (nSPS) is 10.6. The van der Waals surface area contributed by atoms with Gasteiger partial charge in [-0.15, -0.1) is 0 Å². The van der Waals surface area contributed by atoms with Crippen LogP contribution in [0.3, 0.4) is 0 Å². The summed E-state index contributed by atoms with van der Waals surface area (Å²) >= 11 is 0. The Balaban J connectivity index is 1.72. The lowest BCUT2D eigenvalue weighted by molar-refractivity contribution is 0.684. The zero-order valence-corrected chi connectivity index (χ0v) is 9.40. The molecule has 2 N–H and O–H groups in total. The first-order chi connectivity index (χ1) is 7.86. The van der Waals surface area contributed by atoms with Gasteiger partial charge in [-0.05, 0) is 31.5 Å². The van der Waals surface area contributed by atoms with Crippen LogP contribution in [0.1, 0.15) is 16.8 Å². The Morgan fingerprint density at radius 3 is 3.00 bits per heavy atom. The van der Waals surface area contributed by atoms with Crippen molar-refractivity contribution in [2.24, 2.45) is 0 Å². The van der Waals surface area contributed by atoms with Crippen molar-refractivity contribution in [2.45, 2.75) is 19.9 Å². The first-order valence-corrected chi connectivity index (χ1v) is 5.45. The Hall–Kier alpha value is -1.68. The number of aromatic nitrogens is 3. The summed E-state index contributed by atoms with van der Waals surface area (Å²) in [5.41, 5.74) is 3.62. The van der Waals surface area contributed by atoms with Gasteiger partial charge in [0, 0.05) is 30.2 Å². The van der Waals surface area contributed by atoms with E-state index in [2.05, 4.69) is 26.6 Å². The molecule has 0 radical (unpaired) electrons. The Bertz CT molecular complexity index is 422. The molecule has 0 atom stereocenters. The molecule has 84 valence electrons. The van der Waals surface area contributed by atoms with Crippen molar-refractivity contribution in [3.63, 3.8) is 0 Å². The van der Waals surface area contributed by atoms with Crippen LogP contribution in [0.15, 0.2) is 30.7 Å². The van der Waals surface area contributed by atoms with Crippen molar-refractivity contribution in [3.05, 3.63) is 47.5 Å². The molecule has 0 unspecified atom stereocenters. The van der Waals surface area contributed by atoms with Gasteiger partial charge in [-0.2, -0.15) is 5.10 Å². The number of aryl methyl sites for hydroxylation is 1. The van der Waals surface area contributed by atoms with Crippen LogP contribution in [0.4, 0.5) is 0 Å². The summed E-state index contributed by atoms with van der Waals surface area (Å²) in [7, 11) is 0. The molecule has 4 nitrogen and oxygen atoms in total. The highest BCUT2D eigenvalue weighted by Gasteiger charge is 1.99. The number of rotatable bonds is 5. The lowest BCUT2D eigenvalue weighted by atomic mass is 10.2. The topological polar surface area (TPSA) is 53.6 Å². The molecule has 2 rings (SSSR count). The zero-order valence-electron chi connectivity index (χ0n) is 9.40. The molecule has 0 fully saturated rings. The predicted molar refractivity (Wildman–Crippen MR) is 63.0 cm³/mol. The van der Waals surface area contributed by atoms with E-state index in [1.54, 1.807) is 6.20 Å². The van der Waals surface area contributed by atoms with E-state index in [4.69, 9.17) is 0 Å². The molecule has 0 aliphatic heterocycles. The molecule has 0 amide bonds. The van der Waals surface area contributed by atoms with Crippen LogP contribution in [0, 0.1) is 6.92 Å². The van der Waals surface area contributed by atoms with Gasteiger partial charge in [0.15, 0.2) is 0 Å². The van der Waals surface area contributed by atoms with Crippen molar-refractivity contribution in [1.29, 1.82) is 0 Å². The summed E-state index contributed by atoms with van der Waals surface area (Å²) in [6.07, 6.45) is 6.58. The molecular formula is C12H16N4. The maximum atomic E-state index is 4.08. The molecule has 0 aromatic carbocycles. The molecule has 2 aromatic rings. The van der Waals surface area contributed by atoms with Crippen molar-refractivity contribution in [2.75, 3.05) is 6.54 Å². The molecule has 0 aliphatic carbocycles. The van der Waals surface area contributed by atoms with Crippen molar-refractivity contribution < 1.29 is 0 Å². The summed E-state index contributed by atoms with van der Waals surface area (Å²) in [5, 5.41) is 10.3. The van der Waals surface area contributed by atoms with Crippen LogP contribution >= 0.6 is 0 Å². The molecule has 0 aliphatic rings. The Labute approximate surface area is 95.1 Å². The summed E-state index contributed by atoms with van der Waals surface area (Å²) in [6, 6.07) is 4.06. The summed E-state index contributed by atoms with van der Waals surface area (Å²) in [4.78, 5) is 4.08. The van der Waals surface area contributed by atoms with Crippen LogP contribution in [0.2, 0.25) is 0 Å². The first kappa shape index (κ1) is 10.8. The Morgan fingerprint density at radius 2 is 2.31 bits per heavy atom. The zero-order chi connectivity index (χ0) is 11.2. The molecule has 16 heavy (non-hydrogen) atoms. The number of nitrogens with one attached hydrogen (secondary N) is 2. The number of H-pyrrole nitrogens is 1. The molecular weight excluding hydrogens is 200 g/mol. The molecule has 0 bridgehead atoms. The van der Waals surface area contributed by atoms with E-state index in [0.29, 0.717) is 0 Å². The Morgan fingerprint density at radius 1 is 1.38 bits per heavy atom. The SMILES string of the molecule is Cc1[nH]ncc1CNCCc1cccnc1. The minimum Gasteiger partial charge on any atom is -0.312 e. The largest absolute Gasteiger partial charge is 0.312 e. The highest BCUT2D eigenvalue weighted by atomic mass is 15.1. The van der Waals surface area contributed by atoms with Gasteiger partial charge in [-0.25, -0.2) is 0 Å². The maximum Gasteiger partial charge on any atom is 0.0535 e. The van der Waals surface area contributed by atoms with Crippen LogP contribution in [0.25, 0.3) is 0 Å². The average molecular weight is 216 g/mol. The lowest BCUT2D eigenvalue weighted by Gasteiger charge is -2.03. The van der Waals surface area contributed by atoms with Gasteiger partial charge in [0.25, 0.3) is 0 Å². The monoisotopic (exact) mass is 216 g/mol. The predicted octanol–water partition coefficient (Wildman–Crippen LogP) is 1.45. The third-order valence-corrected chi connectivity index (χ3v) is 2.56. The van der Waals surface area contributed by atoms with E-state index in [9.17, 15) is 0 Å². The van der Waals surface area contributed by atoms with Gasteiger partial charge in [0.05, 0.1) is 6.20 Å². The van der Waals surface area contributed by atoms with E-state index >= 15 is 0 Å². The van der Waals surface area contributed by atoms with Gasteiger partial charge in [0.2, 0.25) is 0 Å². The van der Waals surface area contributed by atoms with Crippen LogP contribution in [-0.2, 0) is 13.0 Å². The van der Waals surface area contributed by atoms with E-state index < -0.39 is 0 Å². The second-order valence-corrected chi connectivity index (χ2v) is 3.81. The third kappa shape index (κ3) is 2.90. The molecule has 2 heterocycles. The highest BCUT2D eigenvalue weighted by molar-refractivity contribution is 5.14. The summed E-state index contributed by atoms with van der Waals surface area (Å²) < 4.78 is 0. The first-order valence-electron chi connectivity index (χ1n) is 5.45. The number of nitrogens with zero attached hydrogens (tertiary/aromatic N) is 2.